The number of carbonyl (C=O) groups excluding carboxylic acids is 1. The van der Waals surface area contributed by atoms with E-state index in [0.717, 1.165) is 27.0 Å². The SMILES string of the molecule is COc1cc2nc(NC(=O)Nc3cc(C)cc(C)c3)sc2cc1OC. The van der Waals surface area contributed by atoms with Crippen molar-refractivity contribution >= 4 is 38.4 Å². The van der Waals surface area contributed by atoms with Crippen molar-refractivity contribution in [1.29, 1.82) is 0 Å². The van der Waals surface area contributed by atoms with Crippen molar-refractivity contribution in [2.24, 2.45) is 0 Å². The van der Waals surface area contributed by atoms with E-state index in [1.807, 2.05) is 32.0 Å². The van der Waals surface area contributed by atoms with Gasteiger partial charge in [0.2, 0.25) is 0 Å². The third-order valence-electron chi connectivity index (χ3n) is 3.59. The van der Waals surface area contributed by atoms with Gasteiger partial charge in [0.05, 0.1) is 24.4 Å². The van der Waals surface area contributed by atoms with Gasteiger partial charge in [0, 0.05) is 17.8 Å². The summed E-state index contributed by atoms with van der Waals surface area (Å²) in [6.07, 6.45) is 0. The highest BCUT2D eigenvalue weighted by atomic mass is 32.1. The number of aromatic nitrogens is 1. The number of thiazole rings is 1. The van der Waals surface area contributed by atoms with E-state index >= 15 is 0 Å². The van der Waals surface area contributed by atoms with E-state index in [4.69, 9.17) is 9.47 Å². The minimum atomic E-state index is -0.331. The Labute approximate surface area is 149 Å². The molecule has 3 aromatic rings. The van der Waals surface area contributed by atoms with Gasteiger partial charge in [-0.05, 0) is 37.1 Å². The lowest BCUT2D eigenvalue weighted by Crippen LogP contribution is -2.19. The summed E-state index contributed by atoms with van der Waals surface area (Å²) in [6, 6.07) is 9.19. The first-order valence-electron chi connectivity index (χ1n) is 7.67. The van der Waals surface area contributed by atoms with Crippen molar-refractivity contribution in [2.45, 2.75) is 13.8 Å². The van der Waals surface area contributed by atoms with Crippen LogP contribution >= 0.6 is 11.3 Å². The second kappa shape index (κ2) is 6.98. The van der Waals surface area contributed by atoms with Gasteiger partial charge in [-0.3, -0.25) is 5.32 Å². The van der Waals surface area contributed by atoms with Crippen LogP contribution < -0.4 is 20.1 Å². The molecule has 0 bridgehead atoms. The average molecular weight is 357 g/mol. The van der Waals surface area contributed by atoms with E-state index in [2.05, 4.69) is 21.7 Å². The summed E-state index contributed by atoms with van der Waals surface area (Å²) >= 11 is 1.37. The minimum absolute atomic E-state index is 0.331. The minimum Gasteiger partial charge on any atom is -0.493 e. The molecule has 25 heavy (non-hydrogen) atoms. The highest BCUT2D eigenvalue weighted by molar-refractivity contribution is 7.22. The molecule has 6 nitrogen and oxygen atoms in total. The van der Waals surface area contributed by atoms with Crippen LogP contribution in [0.15, 0.2) is 30.3 Å². The molecule has 0 fully saturated rings. The third kappa shape index (κ3) is 3.83. The van der Waals surface area contributed by atoms with Gasteiger partial charge in [0.25, 0.3) is 0 Å². The molecule has 0 unspecified atom stereocenters. The molecule has 0 spiro atoms. The number of hydrogen-bond donors (Lipinski definition) is 2. The topological polar surface area (TPSA) is 72.5 Å². The molecule has 2 aromatic carbocycles. The standard InChI is InChI=1S/C18H19N3O3S/c1-10-5-11(2)7-12(6-10)19-17(22)21-18-20-13-8-14(23-3)15(24-4)9-16(13)25-18/h5-9H,1-4H3,(H2,19,20,21,22). The van der Waals surface area contributed by atoms with E-state index in [1.54, 1.807) is 20.3 Å². The van der Waals surface area contributed by atoms with Crippen LogP contribution in [0.5, 0.6) is 11.5 Å². The molecule has 1 heterocycles. The lowest BCUT2D eigenvalue weighted by molar-refractivity contribution is 0.262. The molecule has 0 radical (unpaired) electrons. The van der Waals surface area contributed by atoms with Crippen LogP contribution in [0, 0.1) is 13.8 Å². The van der Waals surface area contributed by atoms with Crippen LogP contribution in [0.2, 0.25) is 0 Å². The first-order chi connectivity index (χ1) is 12.0. The fourth-order valence-electron chi connectivity index (χ4n) is 2.61. The number of fused-ring (bicyclic) bond motifs is 1. The summed E-state index contributed by atoms with van der Waals surface area (Å²) in [4.78, 5) is 16.6. The van der Waals surface area contributed by atoms with Crippen LogP contribution in [0.3, 0.4) is 0 Å². The Morgan fingerprint density at radius 1 is 0.960 bits per heavy atom. The number of hydrogen-bond acceptors (Lipinski definition) is 5. The molecule has 3 rings (SSSR count). The normalized spacial score (nSPS) is 10.6. The van der Waals surface area contributed by atoms with Gasteiger partial charge >= 0.3 is 6.03 Å². The highest BCUT2D eigenvalue weighted by Crippen LogP contribution is 2.36. The summed E-state index contributed by atoms with van der Waals surface area (Å²) in [7, 11) is 3.16. The van der Waals surface area contributed by atoms with Crippen LogP contribution in [0.4, 0.5) is 15.6 Å². The largest absolute Gasteiger partial charge is 0.493 e. The smallest absolute Gasteiger partial charge is 0.325 e. The molecule has 0 aliphatic rings. The molecule has 0 atom stereocenters. The number of methoxy groups -OCH3 is 2. The summed E-state index contributed by atoms with van der Waals surface area (Å²) in [5.74, 6) is 1.23. The van der Waals surface area contributed by atoms with Crippen molar-refractivity contribution in [1.82, 2.24) is 4.98 Å². The summed E-state index contributed by atoms with van der Waals surface area (Å²) < 4.78 is 11.5. The predicted molar refractivity (Wildman–Crippen MR) is 101 cm³/mol. The summed E-state index contributed by atoms with van der Waals surface area (Å²) in [5.41, 5.74) is 3.67. The van der Waals surface area contributed by atoms with Crippen molar-refractivity contribution in [2.75, 3.05) is 24.9 Å². The number of aryl methyl sites for hydroxylation is 2. The molecule has 130 valence electrons. The number of amides is 2. The van der Waals surface area contributed by atoms with Gasteiger partial charge in [-0.2, -0.15) is 0 Å². The van der Waals surface area contributed by atoms with E-state index in [0.29, 0.717) is 16.6 Å². The van der Waals surface area contributed by atoms with Crippen LogP contribution in [0.1, 0.15) is 11.1 Å². The second-order valence-corrected chi connectivity index (χ2v) is 6.68. The molecule has 0 saturated carbocycles. The summed E-state index contributed by atoms with van der Waals surface area (Å²) in [5, 5.41) is 6.10. The van der Waals surface area contributed by atoms with Crippen LogP contribution in [0.25, 0.3) is 10.2 Å². The summed E-state index contributed by atoms with van der Waals surface area (Å²) in [6.45, 7) is 3.98. The Bertz CT molecular complexity index is 875. The maximum atomic E-state index is 12.2. The zero-order valence-electron chi connectivity index (χ0n) is 14.5. The molecular formula is C18H19N3O3S. The maximum absolute atomic E-state index is 12.2. The molecular weight excluding hydrogens is 338 g/mol. The van der Waals surface area contributed by atoms with Crippen molar-refractivity contribution in [3.8, 4) is 11.5 Å². The van der Waals surface area contributed by atoms with Gasteiger partial charge < -0.3 is 14.8 Å². The fraction of sp³-hybridized carbons (Fsp3) is 0.222. The molecule has 2 amide bonds. The fourth-order valence-corrected chi connectivity index (χ4v) is 3.49. The van der Waals surface area contributed by atoms with Gasteiger partial charge in [0.15, 0.2) is 16.6 Å². The zero-order chi connectivity index (χ0) is 18.0. The molecule has 1 aromatic heterocycles. The van der Waals surface area contributed by atoms with Gasteiger partial charge in [-0.1, -0.05) is 17.4 Å². The number of benzene rings is 2. The highest BCUT2D eigenvalue weighted by Gasteiger charge is 2.12. The van der Waals surface area contributed by atoms with Gasteiger partial charge in [-0.25, -0.2) is 9.78 Å². The van der Waals surface area contributed by atoms with Crippen LogP contribution in [-0.4, -0.2) is 25.2 Å². The number of nitrogens with zero attached hydrogens (tertiary/aromatic N) is 1. The lowest BCUT2D eigenvalue weighted by Gasteiger charge is -2.07. The third-order valence-corrected chi connectivity index (χ3v) is 4.53. The van der Waals surface area contributed by atoms with E-state index in [9.17, 15) is 4.79 Å². The lowest BCUT2D eigenvalue weighted by atomic mass is 10.1. The van der Waals surface area contributed by atoms with Crippen LogP contribution in [-0.2, 0) is 0 Å². The molecule has 0 aliphatic carbocycles. The Hall–Kier alpha value is -2.80. The molecule has 2 N–H and O–H groups in total. The number of carbonyl (C=O) groups is 1. The Kier molecular flexibility index (Phi) is 4.76. The Morgan fingerprint density at radius 2 is 1.60 bits per heavy atom. The number of ether oxygens (including phenoxy) is 2. The van der Waals surface area contributed by atoms with Crippen molar-refractivity contribution in [3.05, 3.63) is 41.5 Å². The quantitative estimate of drug-likeness (QED) is 0.717. The number of anilines is 2. The van der Waals surface area contributed by atoms with E-state index in [1.165, 1.54) is 11.3 Å². The Balaban J connectivity index is 1.79. The van der Waals surface area contributed by atoms with Crippen molar-refractivity contribution < 1.29 is 14.3 Å². The first-order valence-corrected chi connectivity index (χ1v) is 8.49. The number of nitrogens with one attached hydrogen (secondary N) is 2. The maximum Gasteiger partial charge on any atom is 0.325 e. The van der Waals surface area contributed by atoms with E-state index < -0.39 is 0 Å². The first kappa shape index (κ1) is 17.0. The molecule has 0 aliphatic heterocycles. The number of rotatable bonds is 4. The number of urea groups is 1. The molecule has 7 heteroatoms. The van der Waals surface area contributed by atoms with Gasteiger partial charge in [0.1, 0.15) is 0 Å². The molecule has 0 saturated heterocycles. The second-order valence-electron chi connectivity index (χ2n) is 5.65. The van der Waals surface area contributed by atoms with E-state index in [-0.39, 0.29) is 6.03 Å². The van der Waals surface area contributed by atoms with Crippen molar-refractivity contribution in [3.63, 3.8) is 0 Å². The predicted octanol–water partition coefficient (Wildman–Crippen LogP) is 4.57. The Morgan fingerprint density at radius 3 is 2.24 bits per heavy atom. The average Bonchev–Trinajstić information content (AvgIpc) is 2.92. The zero-order valence-corrected chi connectivity index (χ0v) is 15.3. The monoisotopic (exact) mass is 357 g/mol. The van der Waals surface area contributed by atoms with Gasteiger partial charge in [-0.15, -0.1) is 0 Å².